The van der Waals surface area contributed by atoms with Crippen LogP contribution in [0.25, 0.3) is 17.1 Å². The zero-order chi connectivity index (χ0) is 25.5. The molecular formula is C21H14ClF4N7O2. The second kappa shape index (κ2) is 8.83. The Morgan fingerprint density at radius 2 is 1.94 bits per heavy atom. The van der Waals surface area contributed by atoms with Crippen LogP contribution in [0.4, 0.5) is 28.9 Å². The molecule has 3 N–H and O–H groups in total. The van der Waals surface area contributed by atoms with Gasteiger partial charge in [0.05, 0.1) is 34.4 Å². The molecule has 35 heavy (non-hydrogen) atoms. The van der Waals surface area contributed by atoms with Crippen LogP contribution >= 0.6 is 11.6 Å². The molecule has 0 radical (unpaired) electrons. The van der Waals surface area contributed by atoms with Crippen molar-refractivity contribution in [3.05, 3.63) is 70.8 Å². The number of aldehydes is 1. The maximum atomic E-state index is 14.3. The minimum Gasteiger partial charge on any atom is -0.397 e. The van der Waals surface area contributed by atoms with Crippen molar-refractivity contribution < 1.29 is 27.2 Å². The molecule has 0 bridgehead atoms. The van der Waals surface area contributed by atoms with E-state index in [4.69, 9.17) is 17.3 Å². The van der Waals surface area contributed by atoms with Crippen LogP contribution in [0.1, 0.15) is 26.7 Å². The van der Waals surface area contributed by atoms with Crippen LogP contribution in [-0.4, -0.2) is 36.5 Å². The van der Waals surface area contributed by atoms with E-state index in [1.54, 1.807) is 0 Å². The highest BCUT2D eigenvalue weighted by Crippen LogP contribution is 2.37. The van der Waals surface area contributed by atoms with Crippen molar-refractivity contribution in [1.29, 1.82) is 0 Å². The predicted molar refractivity (Wildman–Crippen MR) is 118 cm³/mol. The van der Waals surface area contributed by atoms with Crippen molar-refractivity contribution in [3.63, 3.8) is 0 Å². The van der Waals surface area contributed by atoms with Crippen molar-refractivity contribution >= 4 is 35.2 Å². The Kier molecular flexibility index (Phi) is 6.03. The van der Waals surface area contributed by atoms with Gasteiger partial charge < -0.3 is 15.6 Å². The first-order valence-corrected chi connectivity index (χ1v) is 10.0. The van der Waals surface area contributed by atoms with Crippen LogP contribution in [0, 0.1) is 5.82 Å². The van der Waals surface area contributed by atoms with Gasteiger partial charge in [0.1, 0.15) is 0 Å². The van der Waals surface area contributed by atoms with Gasteiger partial charge in [0.2, 0.25) is 0 Å². The number of aromatic nitrogens is 5. The molecule has 0 saturated carbocycles. The second-order valence-corrected chi connectivity index (χ2v) is 7.65. The molecule has 4 aromatic rings. The van der Waals surface area contributed by atoms with Gasteiger partial charge in [-0.2, -0.15) is 18.3 Å². The number of nitrogens with zero attached hydrogens (tertiary/aromatic N) is 5. The Balaban J connectivity index is 1.72. The van der Waals surface area contributed by atoms with Crippen molar-refractivity contribution in [1.82, 2.24) is 24.3 Å². The lowest BCUT2D eigenvalue weighted by molar-refractivity contribution is -0.140. The van der Waals surface area contributed by atoms with Gasteiger partial charge in [-0.15, -0.1) is 0 Å². The number of nitrogens with two attached hydrogens (primary N) is 1. The molecule has 0 aliphatic heterocycles. The summed E-state index contributed by atoms with van der Waals surface area (Å²) in [6.07, 6.45) is -1.30. The van der Waals surface area contributed by atoms with E-state index in [9.17, 15) is 27.2 Å². The fourth-order valence-electron chi connectivity index (χ4n) is 3.25. The van der Waals surface area contributed by atoms with Gasteiger partial charge in [0, 0.05) is 30.6 Å². The molecule has 9 nitrogen and oxygen atoms in total. The summed E-state index contributed by atoms with van der Waals surface area (Å²) in [5, 5.41) is 6.08. The number of nitrogens with one attached hydrogen (secondary N) is 1. The van der Waals surface area contributed by atoms with Crippen LogP contribution < -0.4 is 11.1 Å². The lowest BCUT2D eigenvalue weighted by Crippen LogP contribution is -2.17. The number of halogens is 5. The molecule has 180 valence electrons. The van der Waals surface area contributed by atoms with Crippen molar-refractivity contribution in [2.75, 3.05) is 11.1 Å². The number of alkyl halides is 3. The number of imidazole rings is 1. The highest BCUT2D eigenvalue weighted by molar-refractivity contribution is 6.33. The van der Waals surface area contributed by atoms with Gasteiger partial charge in [-0.05, 0) is 18.2 Å². The number of anilines is 2. The van der Waals surface area contributed by atoms with E-state index >= 15 is 0 Å². The number of carbonyl (C=O) groups is 2. The third-order valence-corrected chi connectivity index (χ3v) is 5.22. The number of hydrogen-bond donors (Lipinski definition) is 2. The summed E-state index contributed by atoms with van der Waals surface area (Å²) < 4.78 is 57.3. The second-order valence-electron chi connectivity index (χ2n) is 7.24. The van der Waals surface area contributed by atoms with E-state index in [1.807, 2.05) is 0 Å². The molecule has 0 unspecified atom stereocenters. The predicted octanol–water partition coefficient (Wildman–Crippen LogP) is 4.13. The van der Waals surface area contributed by atoms with Crippen molar-refractivity contribution in [2.45, 2.75) is 6.18 Å². The number of nitrogen functional groups attached to an aromatic ring is 1. The molecule has 1 amide bonds. The van der Waals surface area contributed by atoms with Gasteiger partial charge in [0.15, 0.2) is 29.4 Å². The summed E-state index contributed by atoms with van der Waals surface area (Å²) in [4.78, 5) is 31.2. The van der Waals surface area contributed by atoms with E-state index in [0.717, 1.165) is 29.2 Å². The van der Waals surface area contributed by atoms with Crippen LogP contribution in [0.3, 0.4) is 0 Å². The van der Waals surface area contributed by atoms with Crippen molar-refractivity contribution in [2.24, 2.45) is 7.05 Å². The van der Waals surface area contributed by atoms with E-state index in [0.29, 0.717) is 11.0 Å². The zero-order valence-corrected chi connectivity index (χ0v) is 18.4. The maximum absolute atomic E-state index is 14.3. The lowest BCUT2D eigenvalue weighted by Gasteiger charge is -2.09. The molecule has 0 saturated heterocycles. The number of hydrogen-bond acceptors (Lipinski definition) is 6. The van der Waals surface area contributed by atoms with Crippen LogP contribution in [-0.2, 0) is 13.2 Å². The largest absolute Gasteiger partial charge is 0.435 e. The molecule has 14 heteroatoms. The highest BCUT2D eigenvalue weighted by atomic mass is 35.5. The first kappa shape index (κ1) is 23.9. The third kappa shape index (κ3) is 4.57. The standard InChI is InChI=1S/C21H14ClF4N7O2/c1-32-16(7-29-19(32)20(35)30-12-3-2-10(9-34)14(22)5-12)13-8-33(31-17(13)21(24,25)26)18-15(23)4-11(27)6-28-18/h2-9H,27H2,1H3,(H,30,35). The first-order valence-electron chi connectivity index (χ1n) is 9.66. The summed E-state index contributed by atoms with van der Waals surface area (Å²) in [5.74, 6) is -2.45. The average molecular weight is 508 g/mol. The number of amides is 1. The third-order valence-electron chi connectivity index (χ3n) is 4.90. The van der Waals surface area contributed by atoms with Crippen LogP contribution in [0.2, 0.25) is 5.02 Å². The Morgan fingerprint density at radius 3 is 2.57 bits per heavy atom. The average Bonchev–Trinajstić information content (AvgIpc) is 3.37. The van der Waals surface area contributed by atoms with Crippen LogP contribution in [0.15, 0.2) is 42.9 Å². The van der Waals surface area contributed by atoms with Gasteiger partial charge in [0.25, 0.3) is 5.91 Å². The topological polar surface area (TPSA) is 121 Å². The summed E-state index contributed by atoms with van der Waals surface area (Å²) >= 11 is 5.95. The minimum atomic E-state index is -4.91. The molecular weight excluding hydrogens is 494 g/mol. The molecule has 0 aliphatic carbocycles. The fraction of sp³-hybridized carbons (Fsp3) is 0.0952. The number of benzene rings is 1. The molecule has 4 rings (SSSR count). The first-order chi connectivity index (χ1) is 16.5. The number of rotatable bonds is 5. The monoisotopic (exact) mass is 507 g/mol. The highest BCUT2D eigenvalue weighted by Gasteiger charge is 2.39. The molecule has 0 spiro atoms. The van der Waals surface area contributed by atoms with Crippen molar-refractivity contribution in [3.8, 4) is 17.1 Å². The van der Waals surface area contributed by atoms with Gasteiger partial charge in [-0.1, -0.05) is 11.6 Å². The fourth-order valence-corrected chi connectivity index (χ4v) is 3.48. The smallest absolute Gasteiger partial charge is 0.397 e. The Morgan fingerprint density at radius 1 is 1.20 bits per heavy atom. The quantitative estimate of drug-likeness (QED) is 0.309. The van der Waals surface area contributed by atoms with Gasteiger partial charge in [-0.25, -0.2) is 19.0 Å². The SMILES string of the molecule is Cn1c(-c2cn(-c3ncc(N)cc3F)nc2C(F)(F)F)cnc1C(=O)Nc1ccc(C=O)c(Cl)c1. The van der Waals surface area contributed by atoms with E-state index in [2.05, 4.69) is 20.4 Å². The van der Waals surface area contributed by atoms with E-state index in [1.165, 1.54) is 25.2 Å². The molecule has 0 atom stereocenters. The number of carbonyl (C=O) groups excluding carboxylic acids is 2. The normalized spacial score (nSPS) is 11.5. The lowest BCUT2D eigenvalue weighted by atomic mass is 10.2. The molecule has 3 heterocycles. The Labute approximate surface area is 199 Å². The minimum absolute atomic E-state index is 0.0148. The van der Waals surface area contributed by atoms with E-state index < -0.39 is 35.0 Å². The van der Waals surface area contributed by atoms with Gasteiger partial charge in [-0.3, -0.25) is 9.59 Å². The number of pyridine rings is 1. The maximum Gasteiger partial charge on any atom is 0.435 e. The zero-order valence-electron chi connectivity index (χ0n) is 17.6. The molecule has 0 aliphatic rings. The van der Waals surface area contributed by atoms with E-state index in [-0.39, 0.29) is 33.5 Å². The summed E-state index contributed by atoms with van der Waals surface area (Å²) in [6.45, 7) is 0. The summed E-state index contributed by atoms with van der Waals surface area (Å²) in [5.41, 5.74) is 3.99. The molecule has 1 aromatic carbocycles. The summed E-state index contributed by atoms with van der Waals surface area (Å²) in [7, 11) is 1.33. The van der Waals surface area contributed by atoms with Crippen LogP contribution in [0.5, 0.6) is 0 Å². The van der Waals surface area contributed by atoms with Gasteiger partial charge >= 0.3 is 6.18 Å². The summed E-state index contributed by atoms with van der Waals surface area (Å²) in [6, 6.07) is 5.06. The molecule has 0 fully saturated rings. The molecule has 3 aromatic heterocycles. The Bertz CT molecular complexity index is 1460. The Hall–Kier alpha value is -4.26.